The van der Waals surface area contributed by atoms with Crippen LogP contribution in [0.5, 0.6) is 0 Å². The van der Waals surface area contributed by atoms with E-state index in [2.05, 4.69) is 11.9 Å². The molecule has 0 spiro atoms. The summed E-state index contributed by atoms with van der Waals surface area (Å²) in [5, 5.41) is 9.49. The highest BCUT2D eigenvalue weighted by Crippen LogP contribution is 2.40. The smallest absolute Gasteiger partial charge is 0.338 e. The van der Waals surface area contributed by atoms with Crippen LogP contribution >= 0.6 is 0 Å². The summed E-state index contributed by atoms with van der Waals surface area (Å²) in [4.78, 5) is 15.0. The van der Waals surface area contributed by atoms with Crippen molar-refractivity contribution in [1.29, 1.82) is 5.26 Å². The summed E-state index contributed by atoms with van der Waals surface area (Å²) in [5.74, 6) is -3.79. The fourth-order valence-electron chi connectivity index (χ4n) is 3.65. The predicted octanol–water partition coefficient (Wildman–Crippen LogP) is 3.74. The fraction of sp³-hybridized carbons (Fsp3) is 0.308. The van der Waals surface area contributed by atoms with E-state index < -0.39 is 23.5 Å². The van der Waals surface area contributed by atoms with Gasteiger partial charge in [0.2, 0.25) is 5.88 Å². The van der Waals surface area contributed by atoms with Gasteiger partial charge in [-0.1, -0.05) is 36.4 Å². The second-order valence-electron chi connectivity index (χ2n) is 8.04. The topological polar surface area (TPSA) is 97.8 Å². The van der Waals surface area contributed by atoms with E-state index in [-0.39, 0.29) is 35.0 Å². The highest BCUT2D eigenvalue weighted by Gasteiger charge is 2.37. The maximum atomic E-state index is 14.5. The molecule has 2 aromatic carbocycles. The number of benzene rings is 2. The summed E-state index contributed by atoms with van der Waals surface area (Å²) in [6.07, 6.45) is 0. The Balaban J connectivity index is 0.000000420. The Bertz CT molecular complexity index is 1150. The minimum Gasteiger partial charge on any atom is -0.457 e. The van der Waals surface area contributed by atoms with Gasteiger partial charge in [-0.2, -0.15) is 5.26 Å². The van der Waals surface area contributed by atoms with Crippen LogP contribution in [0.25, 0.3) is 0 Å². The molecule has 0 amide bonds. The highest BCUT2D eigenvalue weighted by atomic mass is 19.1. The van der Waals surface area contributed by atoms with Crippen molar-refractivity contribution >= 4 is 5.97 Å². The first-order valence-electron chi connectivity index (χ1n) is 11.0. The van der Waals surface area contributed by atoms with Crippen molar-refractivity contribution < 1.29 is 27.8 Å². The van der Waals surface area contributed by atoms with Gasteiger partial charge in [0.1, 0.15) is 35.6 Å². The zero-order valence-corrected chi connectivity index (χ0v) is 19.6. The first kappa shape index (κ1) is 25.9. The van der Waals surface area contributed by atoms with Gasteiger partial charge >= 0.3 is 5.97 Å². The highest BCUT2D eigenvalue weighted by molar-refractivity contribution is 5.92. The van der Waals surface area contributed by atoms with E-state index >= 15 is 0 Å². The summed E-state index contributed by atoms with van der Waals surface area (Å²) in [6, 6.07) is 13.7. The number of morpholine rings is 1. The molecule has 2 N–H and O–H groups in total. The molecule has 2 aliphatic rings. The molecule has 2 aliphatic heterocycles. The zero-order chi connectivity index (χ0) is 25.4. The molecule has 0 radical (unpaired) electrons. The number of rotatable bonds is 4. The third-order valence-electron chi connectivity index (χ3n) is 5.55. The number of hydrogen-bond donors (Lipinski definition) is 1. The Morgan fingerprint density at radius 2 is 1.89 bits per heavy atom. The summed E-state index contributed by atoms with van der Waals surface area (Å²) in [7, 11) is 2.11. The quantitative estimate of drug-likeness (QED) is 0.662. The first-order chi connectivity index (χ1) is 16.8. The lowest BCUT2D eigenvalue weighted by Gasteiger charge is -2.27. The van der Waals surface area contributed by atoms with Crippen LogP contribution in [0.4, 0.5) is 8.78 Å². The Hall–Kier alpha value is -3.74. The number of esters is 1. The minimum absolute atomic E-state index is 0.0177. The normalized spacial score (nSPS) is 18.2. The van der Waals surface area contributed by atoms with E-state index in [9.17, 15) is 18.8 Å². The van der Waals surface area contributed by atoms with Crippen LogP contribution < -0.4 is 5.73 Å². The summed E-state index contributed by atoms with van der Waals surface area (Å²) in [5.41, 5.74) is 6.24. The van der Waals surface area contributed by atoms with Gasteiger partial charge in [-0.05, 0) is 25.6 Å². The molecular formula is C26H27F2N3O4. The minimum atomic E-state index is -1.16. The van der Waals surface area contributed by atoms with Crippen LogP contribution in [0.2, 0.25) is 0 Å². The third-order valence-corrected chi connectivity index (χ3v) is 5.55. The van der Waals surface area contributed by atoms with Gasteiger partial charge in [0.05, 0.1) is 24.7 Å². The van der Waals surface area contributed by atoms with Gasteiger partial charge in [0.25, 0.3) is 0 Å². The van der Waals surface area contributed by atoms with Crippen molar-refractivity contribution in [1.82, 2.24) is 4.90 Å². The lowest BCUT2D eigenvalue weighted by molar-refractivity contribution is -0.140. The number of hydrogen-bond acceptors (Lipinski definition) is 7. The largest absolute Gasteiger partial charge is 0.457 e. The van der Waals surface area contributed by atoms with Crippen LogP contribution in [0, 0.1) is 23.0 Å². The van der Waals surface area contributed by atoms with Crippen molar-refractivity contribution in [3.8, 4) is 6.07 Å². The Morgan fingerprint density at radius 3 is 2.46 bits per heavy atom. The van der Waals surface area contributed by atoms with Crippen LogP contribution in [0.1, 0.15) is 24.0 Å². The number of nitrogens with zero attached hydrogens (tertiary/aromatic N) is 2. The van der Waals surface area contributed by atoms with E-state index in [0.29, 0.717) is 6.07 Å². The molecule has 1 atom stereocenters. The number of halogens is 2. The van der Waals surface area contributed by atoms with Gasteiger partial charge < -0.3 is 24.8 Å². The molecule has 1 fully saturated rings. The van der Waals surface area contributed by atoms with Gasteiger partial charge in [0, 0.05) is 24.7 Å². The number of carbonyl (C=O) groups is 1. The van der Waals surface area contributed by atoms with Crippen molar-refractivity contribution in [2.24, 2.45) is 5.73 Å². The molecule has 35 heavy (non-hydrogen) atoms. The molecule has 0 aliphatic carbocycles. The molecule has 0 bridgehead atoms. The standard InChI is InChI=1S/C21H16F2N2O3.C5H11NO/c1-12-18(21(26)27-11-13-5-3-2-4-6-13)19(16(10-24)20(25)28-12)15-8-7-14(22)9-17(15)23;1-6-2-4-7-5-3-6/h2-9,19H,11,25H2,1H3;2-5H2,1H3. The molecular weight excluding hydrogens is 456 g/mol. The van der Waals surface area contributed by atoms with Gasteiger partial charge in [-0.25, -0.2) is 13.6 Å². The van der Waals surface area contributed by atoms with E-state index in [0.717, 1.165) is 37.9 Å². The third kappa shape index (κ3) is 6.66. The number of nitriles is 1. The second kappa shape index (κ2) is 12.1. The fourth-order valence-corrected chi connectivity index (χ4v) is 3.65. The SMILES string of the molecule is CC1=C(C(=O)OCc2ccccc2)C(c2ccc(F)cc2F)C(C#N)=C(N)O1.CN1CCOCC1. The molecule has 2 aromatic rings. The predicted molar refractivity (Wildman–Crippen MR) is 124 cm³/mol. The van der Waals surface area contributed by atoms with E-state index in [1.807, 2.05) is 12.1 Å². The zero-order valence-electron chi connectivity index (χ0n) is 19.6. The van der Waals surface area contributed by atoms with Crippen molar-refractivity contribution in [2.45, 2.75) is 19.4 Å². The van der Waals surface area contributed by atoms with Gasteiger partial charge in [0.15, 0.2) is 0 Å². The maximum absolute atomic E-state index is 14.5. The van der Waals surface area contributed by atoms with E-state index in [4.69, 9.17) is 19.9 Å². The van der Waals surface area contributed by atoms with Crippen LogP contribution in [-0.2, 0) is 25.6 Å². The average Bonchev–Trinajstić information content (AvgIpc) is 2.84. The van der Waals surface area contributed by atoms with E-state index in [1.165, 1.54) is 13.0 Å². The molecule has 4 rings (SSSR count). The molecule has 1 saturated heterocycles. The molecule has 1 unspecified atom stereocenters. The Kier molecular flexibility index (Phi) is 8.95. The molecule has 0 saturated carbocycles. The molecule has 0 aromatic heterocycles. The number of nitrogens with two attached hydrogens (primary N) is 1. The van der Waals surface area contributed by atoms with Crippen LogP contribution in [0.3, 0.4) is 0 Å². The van der Waals surface area contributed by atoms with Crippen molar-refractivity contribution in [3.63, 3.8) is 0 Å². The number of carbonyl (C=O) groups excluding carboxylic acids is 1. The summed E-state index contributed by atoms with van der Waals surface area (Å²) in [6.45, 7) is 5.47. The lowest BCUT2D eigenvalue weighted by atomic mass is 9.83. The van der Waals surface area contributed by atoms with Crippen LogP contribution in [-0.4, -0.2) is 44.2 Å². The molecule has 9 heteroatoms. The summed E-state index contributed by atoms with van der Waals surface area (Å²) < 4.78 is 43.5. The number of allylic oxidation sites excluding steroid dienone is 2. The molecule has 2 heterocycles. The molecule has 7 nitrogen and oxygen atoms in total. The Morgan fingerprint density at radius 1 is 1.20 bits per heavy atom. The lowest BCUT2D eigenvalue weighted by Crippen LogP contribution is -2.32. The number of likely N-dealkylation sites (N-methyl/N-ethyl adjacent to an activating group) is 1. The van der Waals surface area contributed by atoms with Crippen molar-refractivity contribution in [3.05, 3.63) is 94.1 Å². The van der Waals surface area contributed by atoms with E-state index in [1.54, 1.807) is 24.3 Å². The van der Waals surface area contributed by atoms with Crippen LogP contribution in [0.15, 0.2) is 71.3 Å². The molecule has 184 valence electrons. The summed E-state index contributed by atoms with van der Waals surface area (Å²) >= 11 is 0. The Labute approximate surface area is 203 Å². The van der Waals surface area contributed by atoms with Gasteiger partial charge in [-0.15, -0.1) is 0 Å². The average molecular weight is 484 g/mol. The van der Waals surface area contributed by atoms with Gasteiger partial charge in [-0.3, -0.25) is 0 Å². The van der Waals surface area contributed by atoms with Crippen molar-refractivity contribution in [2.75, 3.05) is 33.4 Å². The first-order valence-corrected chi connectivity index (χ1v) is 11.0. The second-order valence-corrected chi connectivity index (χ2v) is 8.04. The monoisotopic (exact) mass is 483 g/mol. The number of ether oxygens (including phenoxy) is 3. The maximum Gasteiger partial charge on any atom is 0.338 e.